The fraction of sp³-hybridized carbons (Fsp3) is 0.579. The van der Waals surface area contributed by atoms with Crippen LogP contribution in [0.1, 0.15) is 50.6 Å². The Bertz CT molecular complexity index is 642. The number of halogens is 1. The molecule has 2 saturated heterocycles. The maximum atomic E-state index is 12.3. The number of nitrogens with zero attached hydrogens (tertiary/aromatic N) is 4. The molecule has 0 N–H and O–H groups in total. The predicted octanol–water partition coefficient (Wildman–Crippen LogP) is 3.58. The molecule has 0 saturated carbocycles. The third-order valence-electron chi connectivity index (χ3n) is 5.17. The number of carbonyl (C=O) groups excluding carboxylic acids is 1. The zero-order valence-corrected chi connectivity index (χ0v) is 15.5. The maximum Gasteiger partial charge on any atom is 0.223 e. The number of likely N-dealkylation sites (tertiary alicyclic amines) is 1. The Kier molecular flexibility index (Phi) is 5.82. The van der Waals surface area contributed by atoms with Crippen LogP contribution in [0.15, 0.2) is 24.3 Å². The molecule has 1 aromatic carbocycles. The molecule has 0 bridgehead atoms. The molecule has 2 heterocycles. The van der Waals surface area contributed by atoms with Crippen molar-refractivity contribution in [3.05, 3.63) is 34.9 Å². The molecule has 5 nitrogen and oxygen atoms in total. The van der Waals surface area contributed by atoms with Gasteiger partial charge in [-0.1, -0.05) is 43.5 Å². The summed E-state index contributed by atoms with van der Waals surface area (Å²) < 4.78 is 0. The van der Waals surface area contributed by atoms with E-state index >= 15 is 0 Å². The number of rotatable bonds is 6. The number of nitriles is 1. The highest BCUT2D eigenvalue weighted by molar-refractivity contribution is 6.30. The number of hydrazine groups is 1. The van der Waals surface area contributed by atoms with Crippen LogP contribution in [-0.4, -0.2) is 46.5 Å². The van der Waals surface area contributed by atoms with E-state index in [0.29, 0.717) is 11.4 Å². The zero-order chi connectivity index (χ0) is 17.8. The minimum atomic E-state index is -0.133. The van der Waals surface area contributed by atoms with Gasteiger partial charge in [-0.15, -0.1) is 0 Å². The van der Waals surface area contributed by atoms with Gasteiger partial charge < -0.3 is 4.90 Å². The van der Waals surface area contributed by atoms with E-state index in [4.69, 9.17) is 11.6 Å². The van der Waals surface area contributed by atoms with E-state index in [9.17, 15) is 10.1 Å². The number of carbonyl (C=O) groups is 1. The van der Waals surface area contributed by atoms with Crippen LogP contribution in [0.25, 0.3) is 0 Å². The normalized spacial score (nSPS) is 24.1. The van der Waals surface area contributed by atoms with E-state index in [1.165, 1.54) is 0 Å². The molecular weight excluding hydrogens is 336 g/mol. The van der Waals surface area contributed by atoms with Crippen molar-refractivity contribution < 1.29 is 4.79 Å². The maximum absolute atomic E-state index is 12.3. The monoisotopic (exact) mass is 360 g/mol. The van der Waals surface area contributed by atoms with Crippen molar-refractivity contribution in [2.24, 2.45) is 0 Å². The SMILES string of the molecule is CCCCCN1CC(N2CCCC2=O)C(c2ccc(Cl)cc2)N1C#N. The molecule has 2 aliphatic rings. The fourth-order valence-electron chi connectivity index (χ4n) is 3.92. The minimum absolute atomic E-state index is 0.0115. The van der Waals surface area contributed by atoms with E-state index in [2.05, 4.69) is 18.1 Å². The van der Waals surface area contributed by atoms with E-state index in [1.54, 1.807) is 5.01 Å². The van der Waals surface area contributed by atoms with Crippen LogP contribution < -0.4 is 0 Å². The molecule has 134 valence electrons. The predicted molar refractivity (Wildman–Crippen MR) is 97.5 cm³/mol. The average Bonchev–Trinajstić information content (AvgIpc) is 3.19. The third kappa shape index (κ3) is 3.75. The first-order valence-corrected chi connectivity index (χ1v) is 9.52. The van der Waals surface area contributed by atoms with Gasteiger partial charge >= 0.3 is 0 Å². The van der Waals surface area contributed by atoms with Gasteiger partial charge in [-0.05, 0) is 30.5 Å². The first-order chi connectivity index (χ1) is 12.2. The minimum Gasteiger partial charge on any atom is -0.336 e. The highest BCUT2D eigenvalue weighted by atomic mass is 35.5. The highest BCUT2D eigenvalue weighted by Crippen LogP contribution is 2.37. The van der Waals surface area contributed by atoms with Crippen molar-refractivity contribution in [1.82, 2.24) is 14.9 Å². The van der Waals surface area contributed by atoms with Gasteiger partial charge in [0.2, 0.25) is 5.91 Å². The topological polar surface area (TPSA) is 50.6 Å². The molecule has 0 spiro atoms. The van der Waals surface area contributed by atoms with E-state index in [1.807, 2.05) is 29.2 Å². The molecule has 2 fully saturated rings. The molecule has 1 aromatic rings. The number of unbranched alkanes of at least 4 members (excludes halogenated alkanes) is 2. The second-order valence-electron chi connectivity index (χ2n) is 6.82. The lowest BCUT2D eigenvalue weighted by Gasteiger charge is -2.30. The molecule has 0 aromatic heterocycles. The van der Waals surface area contributed by atoms with Crippen LogP contribution in [0.5, 0.6) is 0 Å². The second kappa shape index (κ2) is 8.07. The third-order valence-corrected chi connectivity index (χ3v) is 5.43. The van der Waals surface area contributed by atoms with Crippen LogP contribution >= 0.6 is 11.6 Å². The first kappa shape index (κ1) is 18.0. The Hall–Kier alpha value is -1.77. The quantitative estimate of drug-likeness (QED) is 0.574. The van der Waals surface area contributed by atoms with Gasteiger partial charge in [0, 0.05) is 31.1 Å². The first-order valence-electron chi connectivity index (χ1n) is 9.14. The number of hydrogen-bond donors (Lipinski definition) is 0. The van der Waals surface area contributed by atoms with E-state index < -0.39 is 0 Å². The summed E-state index contributed by atoms with van der Waals surface area (Å²) in [6, 6.07) is 7.54. The van der Waals surface area contributed by atoms with Crippen LogP contribution in [0, 0.1) is 11.5 Å². The summed E-state index contributed by atoms with van der Waals surface area (Å²) >= 11 is 6.03. The number of benzene rings is 1. The van der Waals surface area contributed by atoms with Gasteiger partial charge in [0.25, 0.3) is 0 Å². The Balaban J connectivity index is 1.88. The van der Waals surface area contributed by atoms with E-state index in [-0.39, 0.29) is 18.0 Å². The molecule has 2 aliphatic heterocycles. The Labute approximate surface area is 154 Å². The average molecular weight is 361 g/mol. The molecule has 0 radical (unpaired) electrons. The van der Waals surface area contributed by atoms with Gasteiger partial charge in [0.1, 0.15) is 6.04 Å². The summed E-state index contributed by atoms with van der Waals surface area (Å²) in [6.07, 6.45) is 7.24. The summed E-state index contributed by atoms with van der Waals surface area (Å²) in [4.78, 5) is 14.3. The molecule has 6 heteroatoms. The van der Waals surface area contributed by atoms with Gasteiger partial charge in [-0.3, -0.25) is 4.79 Å². The largest absolute Gasteiger partial charge is 0.336 e. The lowest BCUT2D eigenvalue weighted by molar-refractivity contribution is -0.129. The molecule has 2 atom stereocenters. The van der Waals surface area contributed by atoms with Crippen LogP contribution in [0.3, 0.4) is 0 Å². The fourth-order valence-corrected chi connectivity index (χ4v) is 4.05. The Morgan fingerprint density at radius 2 is 2.04 bits per heavy atom. The summed E-state index contributed by atoms with van der Waals surface area (Å²) in [7, 11) is 0. The Morgan fingerprint density at radius 3 is 2.64 bits per heavy atom. The van der Waals surface area contributed by atoms with Crippen LogP contribution in [-0.2, 0) is 4.79 Å². The smallest absolute Gasteiger partial charge is 0.223 e. The lowest BCUT2D eigenvalue weighted by Crippen LogP contribution is -2.41. The van der Waals surface area contributed by atoms with Crippen molar-refractivity contribution in [2.45, 2.75) is 51.1 Å². The standard InChI is InChI=1S/C19H25ClN4O/c1-2-3-4-11-22-13-17(23-12-5-6-18(23)25)19(24(22)14-21)15-7-9-16(20)10-8-15/h7-10,17,19H,2-6,11-13H2,1H3. The summed E-state index contributed by atoms with van der Waals surface area (Å²) in [6.45, 7) is 4.53. The highest BCUT2D eigenvalue weighted by Gasteiger charge is 2.45. The molecule has 3 rings (SSSR count). The van der Waals surface area contributed by atoms with Crippen molar-refractivity contribution >= 4 is 17.5 Å². The summed E-state index contributed by atoms with van der Waals surface area (Å²) in [5.74, 6) is 0.206. The molecular formula is C19H25ClN4O. The van der Waals surface area contributed by atoms with E-state index in [0.717, 1.165) is 50.9 Å². The van der Waals surface area contributed by atoms with Gasteiger partial charge in [-0.2, -0.15) is 5.26 Å². The molecule has 0 aliphatic carbocycles. The van der Waals surface area contributed by atoms with Crippen molar-refractivity contribution in [3.63, 3.8) is 0 Å². The van der Waals surface area contributed by atoms with Gasteiger partial charge in [-0.25, -0.2) is 10.0 Å². The Morgan fingerprint density at radius 1 is 1.28 bits per heavy atom. The lowest BCUT2D eigenvalue weighted by atomic mass is 9.99. The second-order valence-corrected chi connectivity index (χ2v) is 7.26. The van der Waals surface area contributed by atoms with Crippen LogP contribution in [0.4, 0.5) is 0 Å². The molecule has 1 amide bonds. The molecule has 25 heavy (non-hydrogen) atoms. The van der Waals surface area contributed by atoms with Gasteiger partial charge in [0.05, 0.1) is 6.04 Å². The summed E-state index contributed by atoms with van der Waals surface area (Å²) in [5.41, 5.74) is 1.04. The van der Waals surface area contributed by atoms with Crippen molar-refractivity contribution in [2.75, 3.05) is 19.6 Å². The van der Waals surface area contributed by atoms with Crippen molar-refractivity contribution in [3.8, 4) is 6.19 Å². The van der Waals surface area contributed by atoms with Gasteiger partial charge in [0.15, 0.2) is 6.19 Å². The zero-order valence-electron chi connectivity index (χ0n) is 14.7. The van der Waals surface area contributed by atoms with Crippen molar-refractivity contribution in [1.29, 1.82) is 5.26 Å². The number of hydrogen-bond acceptors (Lipinski definition) is 4. The molecule has 2 unspecified atom stereocenters. The van der Waals surface area contributed by atoms with Crippen LogP contribution in [0.2, 0.25) is 5.02 Å². The number of amides is 1. The summed E-state index contributed by atoms with van der Waals surface area (Å²) in [5, 5.41) is 14.4.